The Morgan fingerprint density at radius 2 is 1.93 bits per heavy atom. The average Bonchev–Trinajstić information content (AvgIpc) is 3.40. The zero-order valence-corrected chi connectivity index (χ0v) is 15.6. The zero-order valence-electron chi connectivity index (χ0n) is 15.6. The summed E-state index contributed by atoms with van der Waals surface area (Å²) in [5.41, 5.74) is 2.43. The SMILES string of the molecule is O=C(OCC(=O)N1CCc2ccccc21)c1ccc(OC[C@@H]2CCCO2)cc1. The van der Waals surface area contributed by atoms with Gasteiger partial charge in [0, 0.05) is 18.8 Å². The van der Waals surface area contributed by atoms with Gasteiger partial charge in [0.2, 0.25) is 0 Å². The van der Waals surface area contributed by atoms with Crippen molar-refractivity contribution in [3.63, 3.8) is 0 Å². The highest BCUT2D eigenvalue weighted by molar-refractivity contribution is 5.98. The van der Waals surface area contributed by atoms with Gasteiger partial charge in [0.15, 0.2) is 6.61 Å². The number of para-hydroxylation sites is 1. The van der Waals surface area contributed by atoms with E-state index in [1.165, 1.54) is 0 Å². The predicted octanol–water partition coefficient (Wildman–Crippen LogP) is 2.99. The van der Waals surface area contributed by atoms with Gasteiger partial charge in [0.25, 0.3) is 5.91 Å². The highest BCUT2D eigenvalue weighted by Crippen LogP contribution is 2.27. The number of esters is 1. The van der Waals surface area contributed by atoms with Gasteiger partial charge in [-0.3, -0.25) is 4.79 Å². The minimum absolute atomic E-state index is 0.145. The Morgan fingerprint density at radius 3 is 2.71 bits per heavy atom. The van der Waals surface area contributed by atoms with Crippen LogP contribution in [0, 0.1) is 0 Å². The van der Waals surface area contributed by atoms with E-state index in [1.54, 1.807) is 29.2 Å². The second-order valence-corrected chi connectivity index (χ2v) is 6.97. The maximum absolute atomic E-state index is 12.4. The molecule has 6 nitrogen and oxygen atoms in total. The summed E-state index contributed by atoms with van der Waals surface area (Å²) in [7, 11) is 0. The number of rotatable bonds is 6. The Balaban J connectivity index is 1.27. The molecule has 2 aliphatic rings. The van der Waals surface area contributed by atoms with E-state index in [2.05, 4.69) is 0 Å². The Hall–Kier alpha value is -2.86. The molecule has 2 heterocycles. The fraction of sp³-hybridized carbons (Fsp3) is 0.364. The van der Waals surface area contributed by atoms with Crippen LogP contribution in [0.1, 0.15) is 28.8 Å². The fourth-order valence-electron chi connectivity index (χ4n) is 3.54. The smallest absolute Gasteiger partial charge is 0.338 e. The van der Waals surface area contributed by atoms with E-state index in [1.807, 2.05) is 24.3 Å². The van der Waals surface area contributed by atoms with Gasteiger partial charge in [-0.25, -0.2) is 4.79 Å². The third-order valence-corrected chi connectivity index (χ3v) is 5.06. The van der Waals surface area contributed by atoms with Crippen LogP contribution in [0.15, 0.2) is 48.5 Å². The van der Waals surface area contributed by atoms with Crippen LogP contribution in [0.4, 0.5) is 5.69 Å². The molecule has 4 rings (SSSR count). The molecule has 1 fully saturated rings. The van der Waals surface area contributed by atoms with Crippen molar-refractivity contribution in [2.75, 3.05) is 31.3 Å². The molecule has 0 N–H and O–H groups in total. The Labute approximate surface area is 164 Å². The van der Waals surface area contributed by atoms with Crippen LogP contribution in [0.3, 0.4) is 0 Å². The number of benzene rings is 2. The van der Waals surface area contributed by atoms with Crippen LogP contribution in [0.5, 0.6) is 5.75 Å². The minimum atomic E-state index is -0.522. The second kappa shape index (κ2) is 8.44. The molecule has 0 aliphatic carbocycles. The fourth-order valence-corrected chi connectivity index (χ4v) is 3.54. The van der Waals surface area contributed by atoms with E-state index in [0.29, 0.717) is 24.5 Å². The van der Waals surface area contributed by atoms with Crippen molar-refractivity contribution in [1.82, 2.24) is 0 Å². The lowest BCUT2D eigenvalue weighted by atomic mass is 10.2. The quantitative estimate of drug-likeness (QED) is 0.720. The summed E-state index contributed by atoms with van der Waals surface area (Å²) in [6, 6.07) is 14.5. The van der Waals surface area contributed by atoms with Crippen LogP contribution in [0.2, 0.25) is 0 Å². The van der Waals surface area contributed by atoms with Gasteiger partial charge in [0.1, 0.15) is 12.4 Å². The molecule has 0 unspecified atom stereocenters. The molecule has 6 heteroatoms. The monoisotopic (exact) mass is 381 g/mol. The zero-order chi connectivity index (χ0) is 19.3. The van der Waals surface area contributed by atoms with E-state index in [-0.39, 0.29) is 18.6 Å². The van der Waals surface area contributed by atoms with Crippen molar-refractivity contribution in [3.8, 4) is 5.75 Å². The van der Waals surface area contributed by atoms with Gasteiger partial charge in [-0.05, 0) is 55.2 Å². The van der Waals surface area contributed by atoms with Crippen LogP contribution in [-0.2, 0) is 20.7 Å². The molecular weight excluding hydrogens is 358 g/mol. The molecule has 0 spiro atoms. The van der Waals surface area contributed by atoms with E-state index < -0.39 is 5.97 Å². The average molecular weight is 381 g/mol. The van der Waals surface area contributed by atoms with E-state index in [4.69, 9.17) is 14.2 Å². The highest BCUT2D eigenvalue weighted by atomic mass is 16.5. The summed E-state index contributed by atoms with van der Waals surface area (Å²) >= 11 is 0. The molecule has 2 aliphatic heterocycles. The van der Waals surface area contributed by atoms with E-state index >= 15 is 0 Å². The van der Waals surface area contributed by atoms with Crippen LogP contribution in [0.25, 0.3) is 0 Å². The van der Waals surface area contributed by atoms with Gasteiger partial charge in [-0.15, -0.1) is 0 Å². The molecule has 2 aromatic carbocycles. The molecule has 0 aromatic heterocycles. The van der Waals surface area contributed by atoms with Gasteiger partial charge in [-0.1, -0.05) is 18.2 Å². The van der Waals surface area contributed by atoms with Gasteiger partial charge in [0.05, 0.1) is 11.7 Å². The molecule has 146 valence electrons. The molecule has 0 radical (unpaired) electrons. The standard InChI is InChI=1S/C22H23NO5/c24-21(23-12-11-16-4-1-2-6-20(16)23)15-28-22(25)17-7-9-18(10-8-17)27-14-19-5-3-13-26-19/h1-2,4,6-10,19H,3,5,11-15H2/t19-/m0/s1. The lowest BCUT2D eigenvalue weighted by Gasteiger charge is -2.17. The van der Waals surface area contributed by atoms with Crippen molar-refractivity contribution in [2.24, 2.45) is 0 Å². The number of fused-ring (bicyclic) bond motifs is 1. The first-order valence-corrected chi connectivity index (χ1v) is 9.60. The molecular formula is C22H23NO5. The highest BCUT2D eigenvalue weighted by Gasteiger charge is 2.25. The van der Waals surface area contributed by atoms with Gasteiger partial charge >= 0.3 is 5.97 Å². The van der Waals surface area contributed by atoms with Crippen LogP contribution < -0.4 is 9.64 Å². The number of amides is 1. The summed E-state index contributed by atoms with van der Waals surface area (Å²) < 4.78 is 16.4. The Bertz CT molecular complexity index is 842. The van der Waals surface area contributed by atoms with Crippen LogP contribution >= 0.6 is 0 Å². The van der Waals surface area contributed by atoms with Crippen molar-refractivity contribution < 1.29 is 23.8 Å². The van der Waals surface area contributed by atoms with Gasteiger partial charge < -0.3 is 19.1 Å². The lowest BCUT2D eigenvalue weighted by molar-refractivity contribution is -0.121. The number of anilines is 1. The summed E-state index contributed by atoms with van der Waals surface area (Å²) in [4.78, 5) is 26.3. The topological polar surface area (TPSA) is 65.1 Å². The molecule has 1 atom stereocenters. The van der Waals surface area contributed by atoms with Crippen molar-refractivity contribution >= 4 is 17.6 Å². The molecule has 1 amide bonds. The predicted molar refractivity (Wildman–Crippen MR) is 104 cm³/mol. The third kappa shape index (κ3) is 4.17. The Kier molecular flexibility index (Phi) is 5.58. The van der Waals surface area contributed by atoms with Crippen molar-refractivity contribution in [2.45, 2.75) is 25.4 Å². The number of carbonyl (C=O) groups excluding carboxylic acids is 2. The molecule has 2 aromatic rings. The minimum Gasteiger partial charge on any atom is -0.491 e. The number of nitrogens with zero attached hydrogens (tertiary/aromatic N) is 1. The number of hydrogen-bond donors (Lipinski definition) is 0. The lowest BCUT2D eigenvalue weighted by Crippen LogP contribution is -2.33. The molecule has 0 saturated carbocycles. The molecule has 0 bridgehead atoms. The summed E-state index contributed by atoms with van der Waals surface area (Å²) in [6.07, 6.45) is 3.05. The largest absolute Gasteiger partial charge is 0.491 e. The Morgan fingerprint density at radius 1 is 1.11 bits per heavy atom. The number of hydrogen-bond acceptors (Lipinski definition) is 5. The number of ether oxygens (including phenoxy) is 3. The van der Waals surface area contributed by atoms with Crippen molar-refractivity contribution in [3.05, 3.63) is 59.7 Å². The first kappa shape index (κ1) is 18.5. The second-order valence-electron chi connectivity index (χ2n) is 6.97. The summed E-state index contributed by atoms with van der Waals surface area (Å²) in [5.74, 6) is -0.0573. The molecule has 1 saturated heterocycles. The summed E-state index contributed by atoms with van der Waals surface area (Å²) in [6.45, 7) is 1.65. The maximum atomic E-state index is 12.4. The number of carbonyl (C=O) groups is 2. The van der Waals surface area contributed by atoms with Crippen LogP contribution in [-0.4, -0.2) is 44.3 Å². The van der Waals surface area contributed by atoms with Crippen molar-refractivity contribution in [1.29, 1.82) is 0 Å². The summed E-state index contributed by atoms with van der Waals surface area (Å²) in [5, 5.41) is 0. The maximum Gasteiger partial charge on any atom is 0.338 e. The first-order chi connectivity index (χ1) is 13.7. The van der Waals surface area contributed by atoms with E-state index in [9.17, 15) is 9.59 Å². The third-order valence-electron chi connectivity index (χ3n) is 5.06. The molecule has 28 heavy (non-hydrogen) atoms. The normalized spacial score (nSPS) is 18.0. The van der Waals surface area contributed by atoms with Gasteiger partial charge in [-0.2, -0.15) is 0 Å². The first-order valence-electron chi connectivity index (χ1n) is 9.60. The van der Waals surface area contributed by atoms with E-state index in [0.717, 1.165) is 37.1 Å².